The fourth-order valence-electron chi connectivity index (χ4n) is 3.76. The van der Waals surface area contributed by atoms with E-state index in [1.807, 2.05) is 0 Å². The van der Waals surface area contributed by atoms with Gasteiger partial charge in [0.1, 0.15) is 0 Å². The molecule has 1 aliphatic carbocycles. The van der Waals surface area contributed by atoms with Gasteiger partial charge in [-0.15, -0.1) is 0 Å². The number of nitrogens with zero attached hydrogens (tertiary/aromatic N) is 2. The zero-order valence-corrected chi connectivity index (χ0v) is 13.7. The van der Waals surface area contributed by atoms with Crippen LogP contribution in [0.15, 0.2) is 24.3 Å². The Labute approximate surface area is 129 Å². The second-order valence-corrected chi connectivity index (χ2v) is 6.67. The Morgan fingerprint density at radius 1 is 1.33 bits per heavy atom. The standard InChI is InChI=1S/C19H28N2/c1-4-6-16-9-10-18(13-20)19(12-16)21(3)14-17-8-5-7-15(2)11-17/h5,7-8,11,16,18-19H,4,6,9-10,12,14H2,1-3H3. The summed E-state index contributed by atoms with van der Waals surface area (Å²) in [5.41, 5.74) is 2.66. The van der Waals surface area contributed by atoms with Crippen molar-refractivity contribution >= 4 is 0 Å². The van der Waals surface area contributed by atoms with E-state index in [9.17, 15) is 5.26 Å². The fraction of sp³-hybridized carbons (Fsp3) is 0.632. The Kier molecular flexibility index (Phi) is 5.82. The molecule has 0 amide bonds. The Morgan fingerprint density at radius 2 is 2.14 bits per heavy atom. The minimum Gasteiger partial charge on any atom is -0.298 e. The van der Waals surface area contributed by atoms with E-state index >= 15 is 0 Å². The summed E-state index contributed by atoms with van der Waals surface area (Å²) in [6.07, 6.45) is 6.07. The van der Waals surface area contributed by atoms with Crippen LogP contribution in [0.25, 0.3) is 0 Å². The molecule has 2 rings (SSSR count). The zero-order chi connectivity index (χ0) is 15.2. The molecule has 21 heavy (non-hydrogen) atoms. The van der Waals surface area contributed by atoms with Crippen LogP contribution in [0.2, 0.25) is 0 Å². The van der Waals surface area contributed by atoms with E-state index in [1.165, 1.54) is 36.8 Å². The molecule has 0 spiro atoms. The second kappa shape index (κ2) is 7.61. The minimum absolute atomic E-state index is 0.202. The maximum absolute atomic E-state index is 9.46. The number of hydrogen-bond acceptors (Lipinski definition) is 2. The summed E-state index contributed by atoms with van der Waals surface area (Å²) in [4.78, 5) is 2.41. The maximum Gasteiger partial charge on any atom is 0.0672 e. The third-order valence-electron chi connectivity index (χ3n) is 4.87. The summed E-state index contributed by atoms with van der Waals surface area (Å²) in [7, 11) is 2.19. The SMILES string of the molecule is CCCC1CCC(C#N)C(N(C)Cc2cccc(C)c2)C1. The average molecular weight is 284 g/mol. The monoisotopic (exact) mass is 284 g/mol. The highest BCUT2D eigenvalue weighted by Crippen LogP contribution is 2.34. The van der Waals surface area contributed by atoms with Crippen molar-refractivity contribution in [3.8, 4) is 6.07 Å². The van der Waals surface area contributed by atoms with Crippen LogP contribution in [0.3, 0.4) is 0 Å². The van der Waals surface area contributed by atoms with E-state index in [0.29, 0.717) is 6.04 Å². The molecule has 2 nitrogen and oxygen atoms in total. The van der Waals surface area contributed by atoms with Crippen molar-refractivity contribution in [1.29, 1.82) is 5.26 Å². The fourth-order valence-corrected chi connectivity index (χ4v) is 3.76. The molecule has 3 atom stereocenters. The first kappa shape index (κ1) is 16.0. The first-order valence-electron chi connectivity index (χ1n) is 8.29. The molecule has 0 aliphatic heterocycles. The van der Waals surface area contributed by atoms with Gasteiger partial charge in [0.15, 0.2) is 0 Å². The molecule has 114 valence electrons. The highest BCUT2D eigenvalue weighted by Gasteiger charge is 2.32. The highest BCUT2D eigenvalue weighted by molar-refractivity contribution is 5.22. The first-order valence-corrected chi connectivity index (χ1v) is 8.29. The van der Waals surface area contributed by atoms with Crippen LogP contribution in [-0.2, 0) is 6.54 Å². The summed E-state index contributed by atoms with van der Waals surface area (Å²) in [6.45, 7) is 5.35. The molecule has 1 aromatic rings. The van der Waals surface area contributed by atoms with E-state index in [2.05, 4.69) is 56.1 Å². The van der Waals surface area contributed by atoms with Gasteiger partial charge in [0.2, 0.25) is 0 Å². The molecule has 0 radical (unpaired) electrons. The molecule has 3 unspecified atom stereocenters. The lowest BCUT2D eigenvalue weighted by Gasteiger charge is -2.38. The maximum atomic E-state index is 9.46. The Morgan fingerprint density at radius 3 is 2.81 bits per heavy atom. The Bertz CT molecular complexity index is 489. The molecule has 1 saturated carbocycles. The summed E-state index contributed by atoms with van der Waals surface area (Å²) >= 11 is 0. The average Bonchev–Trinajstić information content (AvgIpc) is 2.47. The summed E-state index contributed by atoms with van der Waals surface area (Å²) in [5, 5.41) is 9.46. The first-order chi connectivity index (χ1) is 10.1. The second-order valence-electron chi connectivity index (χ2n) is 6.67. The molecule has 1 aromatic carbocycles. The van der Waals surface area contributed by atoms with Gasteiger partial charge in [-0.2, -0.15) is 5.26 Å². The molecule has 1 aliphatic rings. The molecule has 2 heteroatoms. The predicted octanol–water partition coefficient (Wildman–Crippen LogP) is 4.54. The van der Waals surface area contributed by atoms with Crippen molar-refractivity contribution in [2.24, 2.45) is 11.8 Å². The van der Waals surface area contributed by atoms with Crippen molar-refractivity contribution in [3.05, 3.63) is 35.4 Å². The number of nitriles is 1. The highest BCUT2D eigenvalue weighted by atomic mass is 15.1. The van der Waals surface area contributed by atoms with Gasteiger partial charge < -0.3 is 0 Å². The quantitative estimate of drug-likeness (QED) is 0.794. The van der Waals surface area contributed by atoms with Crippen molar-refractivity contribution in [3.63, 3.8) is 0 Å². The smallest absolute Gasteiger partial charge is 0.0672 e. The normalized spacial score (nSPS) is 25.8. The molecule has 0 bridgehead atoms. The van der Waals surface area contributed by atoms with Gasteiger partial charge in [-0.25, -0.2) is 0 Å². The Hall–Kier alpha value is -1.33. The van der Waals surface area contributed by atoms with Gasteiger partial charge in [-0.3, -0.25) is 4.90 Å². The third-order valence-corrected chi connectivity index (χ3v) is 4.87. The van der Waals surface area contributed by atoms with Crippen molar-refractivity contribution in [2.75, 3.05) is 7.05 Å². The van der Waals surface area contributed by atoms with Crippen LogP contribution >= 0.6 is 0 Å². The van der Waals surface area contributed by atoms with Crippen LogP contribution in [0, 0.1) is 30.1 Å². The summed E-state index contributed by atoms with van der Waals surface area (Å²) < 4.78 is 0. The van der Waals surface area contributed by atoms with Crippen molar-refractivity contribution in [1.82, 2.24) is 4.90 Å². The summed E-state index contributed by atoms with van der Waals surface area (Å²) in [6, 6.07) is 11.7. The molecule has 0 heterocycles. The van der Waals surface area contributed by atoms with Crippen molar-refractivity contribution < 1.29 is 0 Å². The third kappa shape index (κ3) is 4.32. The van der Waals surface area contributed by atoms with Gasteiger partial charge in [0.05, 0.1) is 12.0 Å². The van der Waals surface area contributed by atoms with Gasteiger partial charge in [-0.1, -0.05) is 49.6 Å². The lowest BCUT2D eigenvalue weighted by atomic mass is 9.76. The van der Waals surface area contributed by atoms with Crippen LogP contribution in [-0.4, -0.2) is 18.0 Å². The Balaban J connectivity index is 2.03. The minimum atomic E-state index is 0.202. The molecule has 0 N–H and O–H groups in total. The van der Waals surface area contributed by atoms with Gasteiger partial charge in [0, 0.05) is 12.6 Å². The van der Waals surface area contributed by atoms with Gasteiger partial charge >= 0.3 is 0 Å². The van der Waals surface area contributed by atoms with Crippen LogP contribution in [0.5, 0.6) is 0 Å². The van der Waals surface area contributed by atoms with Crippen LogP contribution in [0.1, 0.15) is 50.2 Å². The number of aryl methyl sites for hydroxylation is 1. The van der Waals surface area contributed by atoms with E-state index in [4.69, 9.17) is 0 Å². The molecule has 0 aromatic heterocycles. The molecular weight excluding hydrogens is 256 g/mol. The van der Waals surface area contributed by atoms with E-state index in [1.54, 1.807) is 0 Å². The number of benzene rings is 1. The molecule has 0 saturated heterocycles. The van der Waals surface area contributed by atoms with E-state index in [-0.39, 0.29) is 5.92 Å². The van der Waals surface area contributed by atoms with E-state index < -0.39 is 0 Å². The van der Waals surface area contributed by atoms with Crippen LogP contribution < -0.4 is 0 Å². The van der Waals surface area contributed by atoms with E-state index in [0.717, 1.165) is 18.9 Å². The van der Waals surface area contributed by atoms with Gasteiger partial charge in [0.25, 0.3) is 0 Å². The largest absolute Gasteiger partial charge is 0.298 e. The van der Waals surface area contributed by atoms with Crippen molar-refractivity contribution in [2.45, 2.75) is 58.5 Å². The molecule has 1 fully saturated rings. The predicted molar refractivity (Wildman–Crippen MR) is 87.8 cm³/mol. The number of rotatable bonds is 5. The zero-order valence-electron chi connectivity index (χ0n) is 13.7. The van der Waals surface area contributed by atoms with Gasteiger partial charge in [-0.05, 0) is 44.7 Å². The lowest BCUT2D eigenvalue weighted by molar-refractivity contribution is 0.116. The topological polar surface area (TPSA) is 27.0 Å². The summed E-state index contributed by atoms with van der Waals surface area (Å²) in [5.74, 6) is 1.01. The van der Waals surface area contributed by atoms with Crippen LogP contribution in [0.4, 0.5) is 0 Å². The number of hydrogen-bond donors (Lipinski definition) is 0. The molecular formula is C19H28N2. The lowest BCUT2D eigenvalue weighted by Crippen LogP contribution is -2.41.